The third-order valence-electron chi connectivity index (χ3n) is 2.76. The third kappa shape index (κ3) is 4.48. The first kappa shape index (κ1) is 15.4. The number of hydrogen-bond donors (Lipinski definition) is 2. The Labute approximate surface area is 110 Å². The number of hydrogen-bond acceptors (Lipinski definition) is 3. The normalized spacial score (nSPS) is 14.2. The average Bonchev–Trinajstić information content (AvgIpc) is 2.35. The number of aliphatic carboxylic acids is 1. The quantitative estimate of drug-likeness (QED) is 0.802. The summed E-state index contributed by atoms with van der Waals surface area (Å²) >= 11 is 0. The molecule has 0 aliphatic heterocycles. The summed E-state index contributed by atoms with van der Waals surface area (Å²) in [4.78, 5) is 10.9. The van der Waals surface area contributed by atoms with Crippen LogP contribution in [0.5, 0.6) is 5.75 Å². The number of benzene rings is 1. The molecule has 1 aromatic rings. The predicted octanol–water partition coefficient (Wildman–Crippen LogP) is 2.80. The molecule has 106 valence electrons. The first-order chi connectivity index (χ1) is 8.95. The molecule has 0 saturated heterocycles. The molecule has 0 aromatic heterocycles. The Hall–Kier alpha value is -1.69. The van der Waals surface area contributed by atoms with Gasteiger partial charge in [0.25, 0.3) is 0 Å². The molecular formula is C13H17F2NO3. The minimum absolute atomic E-state index is 0.0535. The van der Waals surface area contributed by atoms with Crippen molar-refractivity contribution in [2.24, 2.45) is 0 Å². The average molecular weight is 273 g/mol. The van der Waals surface area contributed by atoms with E-state index in [1.165, 1.54) is 6.07 Å². The SMILES string of the molecule is CCC(NC(C)c1ccccc1OC(F)F)C(=O)O. The summed E-state index contributed by atoms with van der Waals surface area (Å²) < 4.78 is 29.0. The summed E-state index contributed by atoms with van der Waals surface area (Å²) in [6.45, 7) is 0.536. The van der Waals surface area contributed by atoms with E-state index >= 15 is 0 Å². The minimum Gasteiger partial charge on any atom is -0.480 e. The van der Waals surface area contributed by atoms with Gasteiger partial charge in [-0.1, -0.05) is 25.1 Å². The van der Waals surface area contributed by atoms with Crippen LogP contribution in [0.3, 0.4) is 0 Å². The Kier molecular flexibility index (Phi) is 5.69. The van der Waals surface area contributed by atoms with Crippen LogP contribution < -0.4 is 10.1 Å². The number of carbonyl (C=O) groups is 1. The van der Waals surface area contributed by atoms with Crippen LogP contribution in [0.25, 0.3) is 0 Å². The summed E-state index contributed by atoms with van der Waals surface area (Å²) in [5, 5.41) is 11.8. The molecule has 1 aromatic carbocycles. The fourth-order valence-corrected chi connectivity index (χ4v) is 1.80. The van der Waals surface area contributed by atoms with Crippen molar-refractivity contribution in [3.63, 3.8) is 0 Å². The van der Waals surface area contributed by atoms with Crippen LogP contribution in [0, 0.1) is 0 Å². The van der Waals surface area contributed by atoms with Gasteiger partial charge in [-0.25, -0.2) is 0 Å². The Morgan fingerprint density at radius 1 is 1.42 bits per heavy atom. The highest BCUT2D eigenvalue weighted by Crippen LogP contribution is 2.26. The molecule has 0 aliphatic rings. The van der Waals surface area contributed by atoms with Crippen molar-refractivity contribution < 1.29 is 23.4 Å². The summed E-state index contributed by atoms with van der Waals surface area (Å²) in [6, 6.07) is 5.20. The maximum Gasteiger partial charge on any atom is 0.387 e. The monoisotopic (exact) mass is 273 g/mol. The van der Waals surface area contributed by atoms with Crippen molar-refractivity contribution in [1.29, 1.82) is 0 Å². The molecule has 1 rings (SSSR count). The molecule has 0 spiro atoms. The molecule has 2 N–H and O–H groups in total. The molecule has 0 radical (unpaired) electrons. The number of carboxylic acids is 1. The van der Waals surface area contributed by atoms with Crippen molar-refractivity contribution >= 4 is 5.97 Å². The van der Waals surface area contributed by atoms with Crippen molar-refractivity contribution in [3.8, 4) is 5.75 Å². The minimum atomic E-state index is -2.91. The van der Waals surface area contributed by atoms with Gasteiger partial charge in [0.1, 0.15) is 11.8 Å². The van der Waals surface area contributed by atoms with E-state index in [4.69, 9.17) is 5.11 Å². The van der Waals surface area contributed by atoms with Gasteiger partial charge >= 0.3 is 12.6 Å². The highest BCUT2D eigenvalue weighted by atomic mass is 19.3. The van der Waals surface area contributed by atoms with E-state index in [2.05, 4.69) is 10.1 Å². The van der Waals surface area contributed by atoms with E-state index in [-0.39, 0.29) is 5.75 Å². The summed E-state index contributed by atoms with van der Waals surface area (Å²) in [5.74, 6) is -0.917. The van der Waals surface area contributed by atoms with E-state index in [9.17, 15) is 13.6 Å². The molecule has 2 unspecified atom stereocenters. The maximum absolute atomic E-state index is 12.3. The van der Waals surface area contributed by atoms with E-state index in [1.807, 2.05) is 0 Å². The molecule has 0 heterocycles. The molecular weight excluding hydrogens is 256 g/mol. The zero-order chi connectivity index (χ0) is 14.4. The lowest BCUT2D eigenvalue weighted by molar-refractivity contribution is -0.139. The van der Waals surface area contributed by atoms with Gasteiger partial charge in [0.05, 0.1) is 0 Å². The van der Waals surface area contributed by atoms with Crippen molar-refractivity contribution in [3.05, 3.63) is 29.8 Å². The number of rotatable bonds is 7. The lowest BCUT2D eigenvalue weighted by Gasteiger charge is -2.21. The second-order valence-electron chi connectivity index (χ2n) is 4.10. The highest BCUT2D eigenvalue weighted by Gasteiger charge is 2.20. The van der Waals surface area contributed by atoms with Crippen LogP contribution in [0.2, 0.25) is 0 Å². The van der Waals surface area contributed by atoms with Crippen LogP contribution in [0.1, 0.15) is 31.9 Å². The standard InChI is InChI=1S/C13H17F2NO3/c1-3-10(12(17)18)16-8(2)9-6-4-5-7-11(9)19-13(14)15/h4-8,10,13,16H,3H2,1-2H3,(H,17,18). The number of para-hydroxylation sites is 1. The molecule has 19 heavy (non-hydrogen) atoms. The van der Waals surface area contributed by atoms with Gasteiger partial charge < -0.3 is 9.84 Å². The topological polar surface area (TPSA) is 58.6 Å². The third-order valence-corrected chi connectivity index (χ3v) is 2.76. The largest absolute Gasteiger partial charge is 0.480 e. The second kappa shape index (κ2) is 7.04. The molecule has 4 nitrogen and oxygen atoms in total. The van der Waals surface area contributed by atoms with Crippen LogP contribution in [0.15, 0.2) is 24.3 Å². The fraction of sp³-hybridized carbons (Fsp3) is 0.462. The van der Waals surface area contributed by atoms with Gasteiger partial charge in [-0.2, -0.15) is 8.78 Å². The van der Waals surface area contributed by atoms with Gasteiger partial charge in [-0.05, 0) is 19.4 Å². The van der Waals surface area contributed by atoms with Crippen LogP contribution in [-0.4, -0.2) is 23.7 Å². The zero-order valence-corrected chi connectivity index (χ0v) is 10.8. The smallest absolute Gasteiger partial charge is 0.387 e. The Morgan fingerprint density at radius 3 is 2.58 bits per heavy atom. The van der Waals surface area contributed by atoms with Gasteiger partial charge in [-0.15, -0.1) is 0 Å². The van der Waals surface area contributed by atoms with Gasteiger partial charge in [0.15, 0.2) is 0 Å². The number of alkyl halides is 2. The molecule has 2 atom stereocenters. The lowest BCUT2D eigenvalue weighted by atomic mass is 10.1. The first-order valence-corrected chi connectivity index (χ1v) is 5.98. The van der Waals surface area contributed by atoms with Crippen LogP contribution in [-0.2, 0) is 4.79 Å². The van der Waals surface area contributed by atoms with Crippen molar-refractivity contribution in [2.75, 3.05) is 0 Å². The zero-order valence-electron chi connectivity index (χ0n) is 10.8. The van der Waals surface area contributed by atoms with Crippen molar-refractivity contribution in [2.45, 2.75) is 39.0 Å². The maximum atomic E-state index is 12.3. The van der Waals surface area contributed by atoms with Crippen molar-refractivity contribution in [1.82, 2.24) is 5.32 Å². The Bertz CT molecular complexity index is 426. The molecule has 0 aliphatic carbocycles. The van der Waals surface area contributed by atoms with E-state index in [0.717, 1.165) is 0 Å². The molecule has 0 amide bonds. The van der Waals surface area contributed by atoms with Crippen LogP contribution >= 0.6 is 0 Å². The van der Waals surface area contributed by atoms with E-state index in [0.29, 0.717) is 12.0 Å². The number of carboxylic acid groups (broad SMARTS) is 1. The molecule has 0 bridgehead atoms. The molecule has 0 fully saturated rings. The van der Waals surface area contributed by atoms with Gasteiger partial charge in [0, 0.05) is 11.6 Å². The number of ether oxygens (including phenoxy) is 1. The molecule has 0 saturated carbocycles. The highest BCUT2D eigenvalue weighted by molar-refractivity contribution is 5.73. The summed E-state index contributed by atoms with van der Waals surface area (Å²) in [7, 11) is 0. The summed E-state index contributed by atoms with van der Waals surface area (Å²) in [5.41, 5.74) is 0.502. The van der Waals surface area contributed by atoms with Crippen LogP contribution in [0.4, 0.5) is 8.78 Å². The predicted molar refractivity (Wildman–Crippen MR) is 66.3 cm³/mol. The van der Waals surface area contributed by atoms with E-state index in [1.54, 1.807) is 32.0 Å². The Balaban J connectivity index is 2.86. The van der Waals surface area contributed by atoms with Gasteiger partial charge in [0.2, 0.25) is 0 Å². The molecule has 6 heteroatoms. The second-order valence-corrected chi connectivity index (χ2v) is 4.10. The lowest BCUT2D eigenvalue weighted by Crippen LogP contribution is -2.37. The Morgan fingerprint density at radius 2 is 2.05 bits per heavy atom. The number of halogens is 2. The number of nitrogens with one attached hydrogen (secondary N) is 1. The fourth-order valence-electron chi connectivity index (χ4n) is 1.80. The first-order valence-electron chi connectivity index (χ1n) is 5.98. The van der Waals surface area contributed by atoms with Gasteiger partial charge in [-0.3, -0.25) is 10.1 Å². The van der Waals surface area contributed by atoms with E-state index < -0.39 is 24.7 Å². The summed E-state index contributed by atoms with van der Waals surface area (Å²) in [6.07, 6.45) is 0.400.